The van der Waals surface area contributed by atoms with Gasteiger partial charge in [-0.15, -0.1) is 0 Å². The van der Waals surface area contributed by atoms with Crippen LogP contribution < -0.4 is 15.2 Å². The molecule has 0 radical (unpaired) electrons. The van der Waals surface area contributed by atoms with Crippen molar-refractivity contribution in [1.82, 2.24) is 20.3 Å². The van der Waals surface area contributed by atoms with E-state index in [0.717, 1.165) is 17.5 Å². The Labute approximate surface area is 211 Å². The molecule has 0 aliphatic heterocycles. The number of carbonyl (C=O) groups excluding carboxylic acids is 1. The highest BCUT2D eigenvalue weighted by molar-refractivity contribution is 6.34. The minimum Gasteiger partial charge on any atom is -0.464 e. The smallest absolute Gasteiger partial charge is 0.425 e. The Morgan fingerprint density at radius 2 is 1.94 bits per heavy atom. The number of alkyl halides is 3. The summed E-state index contributed by atoms with van der Waals surface area (Å²) >= 11 is 6.14. The van der Waals surface area contributed by atoms with Crippen molar-refractivity contribution in [2.24, 2.45) is 0 Å². The number of fused-ring (bicyclic) bond motifs is 1. The number of aromatic nitrogens is 2. The molecule has 0 saturated heterocycles. The Kier molecular flexibility index (Phi) is 9.43. The van der Waals surface area contributed by atoms with E-state index in [1.165, 1.54) is 12.3 Å². The maximum Gasteiger partial charge on any atom is 0.425 e. The molecule has 1 amide bonds. The Morgan fingerprint density at radius 1 is 1.22 bits per heavy atom. The highest BCUT2D eigenvalue weighted by atomic mass is 35.5. The van der Waals surface area contributed by atoms with Gasteiger partial charge in [-0.05, 0) is 43.6 Å². The molecule has 2 heterocycles. The molecule has 1 N–H and O–H groups in total. The molecule has 194 valence electrons. The first kappa shape index (κ1) is 27.6. The van der Waals surface area contributed by atoms with Gasteiger partial charge in [-0.3, -0.25) is 9.69 Å². The monoisotopic (exact) mass is 525 g/mol. The number of nitrogens with one attached hydrogen (secondary N) is 1. The number of carbonyl (C=O) groups is 1. The number of pyridine rings is 2. The summed E-state index contributed by atoms with van der Waals surface area (Å²) in [7, 11) is 1.84. The van der Waals surface area contributed by atoms with Crippen molar-refractivity contribution in [3.63, 3.8) is 0 Å². The fourth-order valence-electron chi connectivity index (χ4n) is 3.21. The summed E-state index contributed by atoms with van der Waals surface area (Å²) in [5.74, 6) is -0.374. The molecule has 36 heavy (non-hydrogen) atoms. The number of hydrogen-bond donors (Lipinski definition) is 1. The van der Waals surface area contributed by atoms with E-state index in [4.69, 9.17) is 21.1 Å². The fourth-order valence-corrected chi connectivity index (χ4v) is 3.46. The van der Waals surface area contributed by atoms with Gasteiger partial charge in [-0.2, -0.15) is 18.2 Å². The predicted octanol–water partition coefficient (Wildman–Crippen LogP) is 4.57. The standard InChI is InChI=1S/C24H27ClF3N5O3/c1-4-32(3)20(14-35-13-17-8-6-5-7-9-17)31-33(15-34)19-12-18-10-11-29-22(25)21(18)23(30-19)36-16(2)24(26,27)28/h5-12,15-16,20,31H,4,13-14H2,1-3H3. The second-order valence-electron chi connectivity index (χ2n) is 7.98. The highest BCUT2D eigenvalue weighted by Crippen LogP contribution is 2.34. The Bertz CT molecular complexity index is 1150. The van der Waals surface area contributed by atoms with Crippen LogP contribution in [0.5, 0.6) is 5.88 Å². The molecule has 12 heteroatoms. The molecular formula is C24H27ClF3N5O3. The largest absolute Gasteiger partial charge is 0.464 e. The van der Waals surface area contributed by atoms with Crippen LogP contribution in [0.1, 0.15) is 19.4 Å². The van der Waals surface area contributed by atoms with Gasteiger partial charge in [0.05, 0.1) is 18.6 Å². The third-order valence-corrected chi connectivity index (χ3v) is 5.75. The number of ether oxygens (including phenoxy) is 2. The first-order chi connectivity index (χ1) is 17.1. The maximum atomic E-state index is 13.2. The number of hydrazine groups is 1. The van der Waals surface area contributed by atoms with Gasteiger partial charge >= 0.3 is 6.18 Å². The first-order valence-electron chi connectivity index (χ1n) is 11.1. The Hall–Kier alpha value is -2.99. The third-order valence-electron chi connectivity index (χ3n) is 5.46. The molecule has 8 nitrogen and oxygen atoms in total. The van der Waals surface area contributed by atoms with Crippen molar-refractivity contribution in [2.75, 3.05) is 25.2 Å². The topological polar surface area (TPSA) is 79.8 Å². The van der Waals surface area contributed by atoms with Crippen molar-refractivity contribution in [2.45, 2.75) is 38.9 Å². The summed E-state index contributed by atoms with van der Waals surface area (Å²) in [4.78, 5) is 22.1. The molecule has 0 aliphatic rings. The van der Waals surface area contributed by atoms with E-state index in [2.05, 4.69) is 15.4 Å². The molecule has 0 spiro atoms. The molecule has 1 aromatic carbocycles. The summed E-state index contributed by atoms with van der Waals surface area (Å²) < 4.78 is 50.6. The summed E-state index contributed by atoms with van der Waals surface area (Å²) in [5, 5.41) is 1.51. The van der Waals surface area contributed by atoms with E-state index in [1.54, 1.807) is 6.07 Å². The van der Waals surface area contributed by atoms with Gasteiger partial charge in [0.1, 0.15) is 11.3 Å². The SMILES string of the molecule is CCN(C)C(COCc1ccccc1)NN(C=O)c1cc2ccnc(Cl)c2c(OC(C)C(F)(F)F)n1. The molecular weight excluding hydrogens is 499 g/mol. The van der Waals surface area contributed by atoms with E-state index in [0.29, 0.717) is 24.9 Å². The van der Waals surface area contributed by atoms with Gasteiger partial charge in [0, 0.05) is 6.20 Å². The van der Waals surface area contributed by atoms with Crippen molar-refractivity contribution in [1.29, 1.82) is 0 Å². The van der Waals surface area contributed by atoms with Crippen molar-refractivity contribution in [3.05, 3.63) is 59.4 Å². The normalized spacial score (nSPS) is 13.6. The Morgan fingerprint density at radius 3 is 2.58 bits per heavy atom. The number of rotatable bonds is 12. The van der Waals surface area contributed by atoms with Crippen LogP contribution in [0.25, 0.3) is 10.8 Å². The van der Waals surface area contributed by atoms with Crippen LogP contribution in [0.4, 0.5) is 19.0 Å². The zero-order valence-electron chi connectivity index (χ0n) is 20.0. The van der Waals surface area contributed by atoms with Crippen LogP contribution in [-0.2, 0) is 16.1 Å². The number of hydrogen-bond acceptors (Lipinski definition) is 7. The van der Waals surface area contributed by atoms with Crippen LogP contribution in [0.15, 0.2) is 48.7 Å². The van der Waals surface area contributed by atoms with E-state index < -0.39 is 18.4 Å². The average molecular weight is 526 g/mol. The zero-order chi connectivity index (χ0) is 26.3. The van der Waals surface area contributed by atoms with Crippen LogP contribution in [-0.4, -0.2) is 59.9 Å². The summed E-state index contributed by atoms with van der Waals surface area (Å²) in [6, 6.07) is 12.6. The van der Waals surface area contributed by atoms with Gasteiger partial charge in [0.15, 0.2) is 11.9 Å². The second kappa shape index (κ2) is 12.3. The minimum atomic E-state index is -4.63. The molecule has 2 aromatic heterocycles. The average Bonchev–Trinajstić information content (AvgIpc) is 2.85. The lowest BCUT2D eigenvalue weighted by Crippen LogP contribution is -2.54. The van der Waals surface area contributed by atoms with Gasteiger partial charge in [-0.1, -0.05) is 48.9 Å². The minimum absolute atomic E-state index is 0.0155. The van der Waals surface area contributed by atoms with E-state index in [9.17, 15) is 18.0 Å². The van der Waals surface area contributed by atoms with Crippen molar-refractivity contribution < 1.29 is 27.4 Å². The maximum absolute atomic E-state index is 13.2. The van der Waals surface area contributed by atoms with Crippen LogP contribution in [0, 0.1) is 0 Å². The lowest BCUT2D eigenvalue weighted by molar-refractivity contribution is -0.189. The predicted molar refractivity (Wildman–Crippen MR) is 131 cm³/mol. The summed E-state index contributed by atoms with van der Waals surface area (Å²) in [6.45, 7) is 4.00. The van der Waals surface area contributed by atoms with Gasteiger partial charge in [-0.25, -0.2) is 15.4 Å². The van der Waals surface area contributed by atoms with Crippen LogP contribution >= 0.6 is 11.6 Å². The quantitative estimate of drug-likeness (QED) is 0.160. The molecule has 3 aromatic rings. The van der Waals surface area contributed by atoms with Crippen molar-refractivity contribution >= 4 is 34.6 Å². The summed E-state index contributed by atoms with van der Waals surface area (Å²) in [5.41, 5.74) is 4.02. The molecule has 3 rings (SSSR count). The number of anilines is 1. The molecule has 2 atom stereocenters. The molecule has 0 bridgehead atoms. The fraction of sp³-hybridized carbons (Fsp3) is 0.375. The summed E-state index contributed by atoms with van der Waals surface area (Å²) in [6.07, 6.45) is -5.38. The van der Waals surface area contributed by atoms with E-state index >= 15 is 0 Å². The number of benzene rings is 1. The number of halogens is 4. The van der Waals surface area contributed by atoms with Crippen LogP contribution in [0.3, 0.4) is 0 Å². The van der Waals surface area contributed by atoms with Gasteiger partial charge in [0.2, 0.25) is 12.3 Å². The van der Waals surface area contributed by atoms with Gasteiger partial charge in [0.25, 0.3) is 0 Å². The first-order valence-corrected chi connectivity index (χ1v) is 11.5. The van der Waals surface area contributed by atoms with E-state index in [-0.39, 0.29) is 28.8 Å². The lowest BCUT2D eigenvalue weighted by atomic mass is 10.2. The molecule has 0 aliphatic carbocycles. The Balaban J connectivity index is 1.88. The van der Waals surface area contributed by atoms with Gasteiger partial charge < -0.3 is 9.47 Å². The van der Waals surface area contributed by atoms with Crippen LogP contribution in [0.2, 0.25) is 5.15 Å². The zero-order valence-corrected chi connectivity index (χ0v) is 20.8. The molecule has 0 fully saturated rings. The molecule has 0 saturated carbocycles. The third kappa shape index (κ3) is 7.03. The number of likely N-dealkylation sites (N-methyl/N-ethyl adjacent to an activating group) is 1. The highest BCUT2D eigenvalue weighted by Gasteiger charge is 2.39. The van der Waals surface area contributed by atoms with E-state index in [1.807, 2.05) is 49.2 Å². The number of nitrogens with zero attached hydrogens (tertiary/aromatic N) is 4. The lowest BCUT2D eigenvalue weighted by Gasteiger charge is -2.31. The second-order valence-corrected chi connectivity index (χ2v) is 8.34. The molecule has 2 unspecified atom stereocenters. The number of amides is 1. The van der Waals surface area contributed by atoms with Crippen molar-refractivity contribution in [3.8, 4) is 5.88 Å².